The van der Waals surface area contributed by atoms with Crippen LogP contribution in [0.25, 0.3) is 0 Å². The van der Waals surface area contributed by atoms with Gasteiger partial charge in [0.15, 0.2) is 6.61 Å². The number of rotatable bonds is 4. The van der Waals surface area contributed by atoms with Gasteiger partial charge in [-0.3, -0.25) is 9.59 Å². The van der Waals surface area contributed by atoms with Gasteiger partial charge in [0.25, 0.3) is 5.91 Å². The Hall–Kier alpha value is -2.25. The molecule has 1 N–H and O–H groups in total. The molecule has 0 radical (unpaired) electrons. The van der Waals surface area contributed by atoms with E-state index >= 15 is 0 Å². The number of piperidine rings is 1. The average Bonchev–Trinajstić information content (AvgIpc) is 2.52. The molecular formula is C15H16F3NO4. The molecule has 2 rings (SSSR count). The highest BCUT2D eigenvalue weighted by Gasteiger charge is 2.30. The van der Waals surface area contributed by atoms with Crippen LogP contribution in [0.4, 0.5) is 13.2 Å². The topological polar surface area (TPSA) is 66.8 Å². The Morgan fingerprint density at radius 1 is 1.26 bits per heavy atom. The van der Waals surface area contributed by atoms with Gasteiger partial charge in [0, 0.05) is 13.1 Å². The van der Waals surface area contributed by atoms with E-state index in [0.717, 1.165) is 24.3 Å². The van der Waals surface area contributed by atoms with Gasteiger partial charge in [0.1, 0.15) is 5.75 Å². The summed E-state index contributed by atoms with van der Waals surface area (Å²) in [6.45, 7) is 0.251. The molecule has 1 heterocycles. The molecule has 126 valence electrons. The smallest absolute Gasteiger partial charge is 0.416 e. The monoisotopic (exact) mass is 331 g/mol. The zero-order chi connectivity index (χ0) is 17.0. The summed E-state index contributed by atoms with van der Waals surface area (Å²) in [5, 5.41) is 8.98. The minimum Gasteiger partial charge on any atom is -0.484 e. The van der Waals surface area contributed by atoms with Crippen molar-refractivity contribution in [3.8, 4) is 5.75 Å². The lowest BCUT2D eigenvalue weighted by Gasteiger charge is -2.30. The van der Waals surface area contributed by atoms with Crippen molar-refractivity contribution >= 4 is 11.9 Å². The first-order valence-electron chi connectivity index (χ1n) is 7.08. The Labute approximate surface area is 130 Å². The molecule has 0 saturated carbocycles. The van der Waals surface area contributed by atoms with Crippen molar-refractivity contribution < 1.29 is 32.6 Å². The third-order valence-corrected chi connectivity index (χ3v) is 3.67. The number of carbonyl (C=O) groups is 2. The van der Waals surface area contributed by atoms with E-state index < -0.39 is 23.6 Å². The van der Waals surface area contributed by atoms with Crippen LogP contribution in [-0.4, -0.2) is 41.6 Å². The van der Waals surface area contributed by atoms with Gasteiger partial charge in [-0.15, -0.1) is 0 Å². The van der Waals surface area contributed by atoms with Crippen LogP contribution in [0, 0.1) is 5.92 Å². The molecule has 1 amide bonds. The van der Waals surface area contributed by atoms with Crippen molar-refractivity contribution in [2.24, 2.45) is 5.92 Å². The Bertz CT molecular complexity index is 571. The van der Waals surface area contributed by atoms with Crippen LogP contribution in [0.2, 0.25) is 0 Å². The van der Waals surface area contributed by atoms with Crippen molar-refractivity contribution in [1.82, 2.24) is 4.90 Å². The molecule has 23 heavy (non-hydrogen) atoms. The third kappa shape index (κ3) is 4.61. The van der Waals surface area contributed by atoms with Crippen LogP contribution >= 0.6 is 0 Å². The molecule has 1 saturated heterocycles. The van der Waals surface area contributed by atoms with Crippen LogP contribution in [-0.2, 0) is 15.8 Å². The van der Waals surface area contributed by atoms with Gasteiger partial charge in [-0.1, -0.05) is 0 Å². The standard InChI is InChI=1S/C15H16F3NO4/c16-15(17,18)11-3-5-12(6-4-11)23-9-13(20)19-7-1-2-10(8-19)14(21)22/h3-6,10H,1-2,7-9H2,(H,21,22)/t10-/m0/s1. The van der Waals surface area contributed by atoms with Crippen molar-refractivity contribution in [3.05, 3.63) is 29.8 Å². The molecule has 0 unspecified atom stereocenters. The third-order valence-electron chi connectivity index (χ3n) is 3.67. The van der Waals surface area contributed by atoms with Gasteiger partial charge in [0.05, 0.1) is 11.5 Å². The molecule has 1 aliphatic heterocycles. The molecule has 0 bridgehead atoms. The second-order valence-electron chi connectivity index (χ2n) is 5.33. The fourth-order valence-corrected chi connectivity index (χ4v) is 2.38. The van der Waals surface area contributed by atoms with Crippen LogP contribution in [0.1, 0.15) is 18.4 Å². The second kappa shape index (κ2) is 6.89. The van der Waals surface area contributed by atoms with Crippen LogP contribution < -0.4 is 4.74 Å². The normalized spacial score (nSPS) is 18.6. The Morgan fingerprint density at radius 2 is 1.91 bits per heavy atom. The first-order valence-corrected chi connectivity index (χ1v) is 7.08. The second-order valence-corrected chi connectivity index (χ2v) is 5.33. The summed E-state index contributed by atoms with van der Waals surface area (Å²) in [5.74, 6) is -1.75. The highest BCUT2D eigenvalue weighted by atomic mass is 19.4. The van der Waals surface area contributed by atoms with Crippen LogP contribution in [0.3, 0.4) is 0 Å². The van der Waals surface area contributed by atoms with E-state index in [0.29, 0.717) is 19.4 Å². The Balaban J connectivity index is 1.88. The van der Waals surface area contributed by atoms with Gasteiger partial charge < -0.3 is 14.7 Å². The molecule has 1 atom stereocenters. The molecule has 1 aromatic rings. The predicted molar refractivity (Wildman–Crippen MR) is 73.9 cm³/mol. The number of amides is 1. The number of ether oxygens (including phenoxy) is 1. The van der Waals surface area contributed by atoms with Crippen molar-refractivity contribution in [2.45, 2.75) is 19.0 Å². The molecule has 0 aliphatic carbocycles. The van der Waals surface area contributed by atoms with E-state index in [2.05, 4.69) is 0 Å². The highest BCUT2D eigenvalue weighted by Crippen LogP contribution is 2.30. The highest BCUT2D eigenvalue weighted by molar-refractivity contribution is 5.79. The summed E-state index contributed by atoms with van der Waals surface area (Å²) in [6.07, 6.45) is -3.30. The number of hydrogen-bond acceptors (Lipinski definition) is 3. The van der Waals surface area contributed by atoms with Crippen molar-refractivity contribution in [3.63, 3.8) is 0 Å². The lowest BCUT2D eigenvalue weighted by Crippen LogP contribution is -2.44. The van der Waals surface area contributed by atoms with Gasteiger partial charge in [-0.2, -0.15) is 13.2 Å². The number of nitrogens with zero attached hydrogens (tertiary/aromatic N) is 1. The molecule has 8 heteroatoms. The summed E-state index contributed by atoms with van der Waals surface area (Å²) in [6, 6.07) is 4.04. The summed E-state index contributed by atoms with van der Waals surface area (Å²) < 4.78 is 42.5. The maximum absolute atomic E-state index is 12.4. The van der Waals surface area contributed by atoms with Crippen molar-refractivity contribution in [2.75, 3.05) is 19.7 Å². The quantitative estimate of drug-likeness (QED) is 0.920. The van der Waals surface area contributed by atoms with Gasteiger partial charge in [0.2, 0.25) is 0 Å². The predicted octanol–water partition coefficient (Wildman–Crippen LogP) is 2.41. The molecule has 1 aromatic carbocycles. The number of benzene rings is 1. The number of halogens is 3. The first-order chi connectivity index (χ1) is 10.8. The van der Waals surface area contributed by atoms with E-state index in [1.807, 2.05) is 0 Å². The number of carboxylic acid groups (broad SMARTS) is 1. The van der Waals surface area contributed by atoms with E-state index in [1.165, 1.54) is 4.90 Å². The van der Waals surface area contributed by atoms with Gasteiger partial charge >= 0.3 is 12.1 Å². The number of alkyl halides is 3. The SMILES string of the molecule is O=C(O)[C@H]1CCCN(C(=O)COc2ccc(C(F)(F)F)cc2)C1. The molecule has 1 fully saturated rings. The average molecular weight is 331 g/mol. The maximum Gasteiger partial charge on any atom is 0.416 e. The van der Waals surface area contributed by atoms with Gasteiger partial charge in [-0.25, -0.2) is 0 Å². The summed E-state index contributed by atoms with van der Waals surface area (Å²) >= 11 is 0. The van der Waals surface area contributed by atoms with E-state index in [-0.39, 0.29) is 24.8 Å². The summed E-state index contributed by atoms with van der Waals surface area (Å²) in [5.41, 5.74) is -0.795. The fourth-order valence-electron chi connectivity index (χ4n) is 2.38. The van der Waals surface area contributed by atoms with Crippen molar-refractivity contribution in [1.29, 1.82) is 0 Å². The number of carbonyl (C=O) groups excluding carboxylic acids is 1. The zero-order valence-corrected chi connectivity index (χ0v) is 12.2. The van der Waals surface area contributed by atoms with Gasteiger partial charge in [-0.05, 0) is 37.1 Å². The fraction of sp³-hybridized carbons (Fsp3) is 0.467. The van der Waals surface area contributed by atoms with Crippen LogP contribution in [0.15, 0.2) is 24.3 Å². The van der Waals surface area contributed by atoms with Crippen LogP contribution in [0.5, 0.6) is 5.75 Å². The first kappa shape index (κ1) is 17.1. The number of hydrogen-bond donors (Lipinski definition) is 1. The van der Waals surface area contributed by atoms with E-state index in [9.17, 15) is 22.8 Å². The number of carboxylic acids is 1. The van der Waals surface area contributed by atoms with E-state index in [4.69, 9.17) is 9.84 Å². The summed E-state index contributed by atoms with van der Waals surface area (Å²) in [4.78, 5) is 24.4. The lowest BCUT2D eigenvalue weighted by molar-refractivity contribution is -0.146. The molecule has 1 aliphatic rings. The number of likely N-dealkylation sites (tertiary alicyclic amines) is 1. The largest absolute Gasteiger partial charge is 0.484 e. The lowest BCUT2D eigenvalue weighted by atomic mass is 9.98. The molecule has 5 nitrogen and oxygen atoms in total. The maximum atomic E-state index is 12.4. The molecule has 0 spiro atoms. The summed E-state index contributed by atoms with van der Waals surface area (Å²) in [7, 11) is 0. The molecular weight excluding hydrogens is 315 g/mol. The molecule has 0 aromatic heterocycles. The number of aliphatic carboxylic acids is 1. The Kier molecular flexibility index (Phi) is 5.12. The Morgan fingerprint density at radius 3 is 2.48 bits per heavy atom. The minimum absolute atomic E-state index is 0.130. The zero-order valence-electron chi connectivity index (χ0n) is 12.2. The van der Waals surface area contributed by atoms with E-state index in [1.54, 1.807) is 0 Å². The minimum atomic E-state index is -4.42.